The van der Waals surface area contributed by atoms with Crippen molar-refractivity contribution in [3.8, 4) is 0 Å². The Kier molecular flexibility index (Phi) is 3.06. The van der Waals surface area contributed by atoms with E-state index in [2.05, 4.69) is 5.32 Å². The highest BCUT2D eigenvalue weighted by molar-refractivity contribution is 7.90. The zero-order chi connectivity index (χ0) is 13.5. The van der Waals surface area contributed by atoms with Gasteiger partial charge in [-0.05, 0) is 44.0 Å². The smallest absolute Gasteiger partial charge is 0.269 e. The van der Waals surface area contributed by atoms with Gasteiger partial charge in [-0.1, -0.05) is 12.1 Å². The van der Waals surface area contributed by atoms with Gasteiger partial charge < -0.3 is 5.32 Å². The topological polar surface area (TPSA) is 66.5 Å². The molecule has 0 saturated carbocycles. The van der Waals surface area contributed by atoms with Crippen molar-refractivity contribution in [3.05, 3.63) is 29.8 Å². The Bertz CT molecular complexity index is 606. The molecule has 0 radical (unpaired) electrons. The van der Waals surface area contributed by atoms with Crippen LogP contribution in [0.5, 0.6) is 0 Å². The summed E-state index contributed by atoms with van der Waals surface area (Å²) >= 11 is 0. The molecule has 6 heteroatoms. The fourth-order valence-electron chi connectivity index (χ4n) is 2.71. The molecule has 0 bridgehead atoms. The minimum Gasteiger partial charge on any atom is -0.317 e. The standard InChI is InChI=1S/C13H16N2O3S/c16-13-11-3-1-2-4-12(11)19(17,18)15(13)9-10-5-7-14-8-6-10/h1-4,10,14H,5-9H2. The Morgan fingerprint density at radius 1 is 1.21 bits per heavy atom. The van der Waals surface area contributed by atoms with E-state index in [1.54, 1.807) is 18.2 Å². The molecular formula is C13H16N2O3S. The van der Waals surface area contributed by atoms with Crippen LogP contribution in [-0.4, -0.2) is 38.3 Å². The SMILES string of the molecule is O=C1c2ccccc2S(=O)(=O)N1CC1CCNCC1. The largest absolute Gasteiger partial charge is 0.317 e. The van der Waals surface area contributed by atoms with Crippen molar-refractivity contribution in [1.82, 2.24) is 9.62 Å². The molecule has 2 aliphatic rings. The number of carbonyl (C=O) groups is 1. The highest BCUT2D eigenvalue weighted by atomic mass is 32.2. The van der Waals surface area contributed by atoms with Gasteiger partial charge in [-0.15, -0.1) is 0 Å². The van der Waals surface area contributed by atoms with E-state index in [-0.39, 0.29) is 16.7 Å². The van der Waals surface area contributed by atoms with Crippen molar-refractivity contribution in [2.45, 2.75) is 17.7 Å². The third kappa shape index (κ3) is 2.04. The minimum atomic E-state index is -3.63. The lowest BCUT2D eigenvalue weighted by Crippen LogP contribution is -2.39. The van der Waals surface area contributed by atoms with E-state index in [1.165, 1.54) is 6.07 Å². The monoisotopic (exact) mass is 280 g/mol. The second kappa shape index (κ2) is 4.61. The number of benzene rings is 1. The van der Waals surface area contributed by atoms with Crippen molar-refractivity contribution < 1.29 is 13.2 Å². The first-order valence-corrected chi connectivity index (χ1v) is 7.91. The normalized spacial score (nSPS) is 22.5. The number of hydrogen-bond acceptors (Lipinski definition) is 4. The van der Waals surface area contributed by atoms with Gasteiger partial charge in [0.2, 0.25) is 0 Å². The molecule has 1 aromatic rings. The van der Waals surface area contributed by atoms with E-state index in [4.69, 9.17) is 0 Å². The molecule has 5 nitrogen and oxygen atoms in total. The zero-order valence-electron chi connectivity index (χ0n) is 10.5. The van der Waals surface area contributed by atoms with Crippen LogP contribution in [-0.2, 0) is 10.0 Å². The maximum Gasteiger partial charge on any atom is 0.269 e. The maximum atomic E-state index is 12.4. The van der Waals surface area contributed by atoms with Crippen LogP contribution in [0.4, 0.5) is 0 Å². The third-order valence-electron chi connectivity index (χ3n) is 3.79. The number of sulfonamides is 1. The number of amides is 1. The van der Waals surface area contributed by atoms with Crippen LogP contribution >= 0.6 is 0 Å². The number of rotatable bonds is 2. The quantitative estimate of drug-likeness (QED) is 0.871. The van der Waals surface area contributed by atoms with Gasteiger partial charge in [0.05, 0.1) is 5.56 Å². The number of carbonyl (C=O) groups excluding carboxylic acids is 1. The first-order chi connectivity index (χ1) is 9.10. The van der Waals surface area contributed by atoms with Crippen LogP contribution < -0.4 is 5.32 Å². The summed E-state index contributed by atoms with van der Waals surface area (Å²) in [7, 11) is -3.63. The summed E-state index contributed by atoms with van der Waals surface area (Å²) < 4.78 is 25.8. The number of hydrogen-bond donors (Lipinski definition) is 1. The molecule has 0 unspecified atom stereocenters. The Morgan fingerprint density at radius 2 is 1.89 bits per heavy atom. The lowest BCUT2D eigenvalue weighted by Gasteiger charge is -2.26. The highest BCUT2D eigenvalue weighted by Crippen LogP contribution is 2.31. The van der Waals surface area contributed by atoms with Crippen molar-refractivity contribution in [2.75, 3.05) is 19.6 Å². The Morgan fingerprint density at radius 3 is 2.58 bits per heavy atom. The molecule has 0 spiro atoms. The maximum absolute atomic E-state index is 12.4. The van der Waals surface area contributed by atoms with E-state index >= 15 is 0 Å². The average Bonchev–Trinajstić information content (AvgIpc) is 2.62. The van der Waals surface area contributed by atoms with E-state index < -0.39 is 10.0 Å². The highest BCUT2D eigenvalue weighted by Gasteiger charge is 2.41. The van der Waals surface area contributed by atoms with Gasteiger partial charge in [0.15, 0.2) is 0 Å². The van der Waals surface area contributed by atoms with Crippen LogP contribution in [0.1, 0.15) is 23.2 Å². The molecule has 3 rings (SSSR count). The summed E-state index contributed by atoms with van der Waals surface area (Å²) in [5.74, 6) is -0.122. The Hall–Kier alpha value is -1.40. The summed E-state index contributed by atoms with van der Waals surface area (Å²) in [6.45, 7) is 2.08. The molecule has 0 aliphatic carbocycles. The molecule has 2 aliphatic heterocycles. The molecule has 1 fully saturated rings. The fourth-order valence-corrected chi connectivity index (χ4v) is 4.36. The summed E-state index contributed by atoms with van der Waals surface area (Å²) in [6.07, 6.45) is 1.82. The molecule has 19 heavy (non-hydrogen) atoms. The second-order valence-electron chi connectivity index (χ2n) is 5.03. The van der Waals surface area contributed by atoms with E-state index in [0.717, 1.165) is 30.2 Å². The first-order valence-electron chi connectivity index (χ1n) is 6.47. The van der Waals surface area contributed by atoms with Gasteiger partial charge >= 0.3 is 0 Å². The molecule has 0 aromatic heterocycles. The van der Waals surface area contributed by atoms with Gasteiger partial charge in [-0.3, -0.25) is 4.79 Å². The van der Waals surface area contributed by atoms with E-state index in [9.17, 15) is 13.2 Å². The van der Waals surface area contributed by atoms with Gasteiger partial charge in [0.25, 0.3) is 15.9 Å². The van der Waals surface area contributed by atoms with Crippen LogP contribution in [0.25, 0.3) is 0 Å². The van der Waals surface area contributed by atoms with Crippen LogP contribution in [0.2, 0.25) is 0 Å². The lowest BCUT2D eigenvalue weighted by atomic mass is 9.98. The lowest BCUT2D eigenvalue weighted by molar-refractivity contribution is 0.0850. The minimum absolute atomic E-state index is 0.147. The molecule has 2 heterocycles. The van der Waals surface area contributed by atoms with Crippen molar-refractivity contribution in [2.24, 2.45) is 5.92 Å². The zero-order valence-corrected chi connectivity index (χ0v) is 11.3. The molecule has 1 saturated heterocycles. The Labute approximate surface area is 112 Å². The second-order valence-corrected chi connectivity index (χ2v) is 6.86. The summed E-state index contributed by atoms with van der Waals surface area (Å²) in [6, 6.07) is 6.43. The predicted molar refractivity (Wildman–Crippen MR) is 70.3 cm³/mol. The van der Waals surface area contributed by atoms with Gasteiger partial charge in [-0.25, -0.2) is 12.7 Å². The molecular weight excluding hydrogens is 264 g/mol. The van der Waals surface area contributed by atoms with Crippen molar-refractivity contribution in [3.63, 3.8) is 0 Å². The van der Waals surface area contributed by atoms with E-state index in [0.29, 0.717) is 12.1 Å². The summed E-state index contributed by atoms with van der Waals surface area (Å²) in [4.78, 5) is 12.4. The van der Waals surface area contributed by atoms with Gasteiger partial charge in [-0.2, -0.15) is 0 Å². The van der Waals surface area contributed by atoms with Crippen LogP contribution in [0, 0.1) is 5.92 Å². The van der Waals surface area contributed by atoms with E-state index in [1.807, 2.05) is 0 Å². The van der Waals surface area contributed by atoms with Gasteiger partial charge in [0.1, 0.15) is 4.90 Å². The number of piperidine rings is 1. The van der Waals surface area contributed by atoms with Crippen LogP contribution in [0.15, 0.2) is 29.2 Å². The molecule has 1 amide bonds. The summed E-state index contributed by atoms with van der Waals surface area (Å²) in [5.41, 5.74) is 0.302. The number of nitrogens with zero attached hydrogens (tertiary/aromatic N) is 1. The van der Waals surface area contributed by atoms with Crippen molar-refractivity contribution in [1.29, 1.82) is 0 Å². The average molecular weight is 280 g/mol. The molecule has 1 aromatic carbocycles. The summed E-state index contributed by atoms with van der Waals surface area (Å²) in [5, 5.41) is 3.24. The fraction of sp³-hybridized carbons (Fsp3) is 0.462. The van der Waals surface area contributed by atoms with Crippen molar-refractivity contribution >= 4 is 15.9 Å². The first kappa shape index (κ1) is 12.6. The number of nitrogens with one attached hydrogen (secondary N) is 1. The molecule has 102 valence electrons. The van der Waals surface area contributed by atoms with Crippen LogP contribution in [0.3, 0.4) is 0 Å². The Balaban J connectivity index is 1.90. The van der Waals surface area contributed by atoms with Gasteiger partial charge in [0, 0.05) is 6.54 Å². The third-order valence-corrected chi connectivity index (χ3v) is 5.60. The molecule has 0 atom stereocenters. The predicted octanol–water partition coefficient (Wildman–Crippen LogP) is 0.831. The molecule has 1 N–H and O–H groups in total. The number of fused-ring (bicyclic) bond motifs is 1.